The van der Waals surface area contributed by atoms with Crippen molar-refractivity contribution in [2.24, 2.45) is 5.92 Å². The molecule has 0 bridgehead atoms. The van der Waals surface area contributed by atoms with Gasteiger partial charge >= 0.3 is 5.97 Å². The molecule has 0 fully saturated rings. The third kappa shape index (κ3) is 5.87. The van der Waals surface area contributed by atoms with Crippen LogP contribution < -0.4 is 5.43 Å². The van der Waals surface area contributed by atoms with E-state index in [1.54, 1.807) is 28.0 Å². The van der Waals surface area contributed by atoms with E-state index in [2.05, 4.69) is 10.2 Å². The lowest BCUT2D eigenvalue weighted by Gasteiger charge is -2.09. The van der Waals surface area contributed by atoms with Crippen LogP contribution in [0.4, 0.5) is 0 Å². The van der Waals surface area contributed by atoms with Crippen molar-refractivity contribution in [2.45, 2.75) is 33.2 Å². The van der Waals surface area contributed by atoms with Crippen LogP contribution >= 0.6 is 0 Å². The van der Waals surface area contributed by atoms with E-state index in [1.165, 1.54) is 6.07 Å². The van der Waals surface area contributed by atoms with Gasteiger partial charge in [-0.05, 0) is 17.0 Å². The van der Waals surface area contributed by atoms with Crippen LogP contribution in [-0.4, -0.2) is 43.9 Å². The fourth-order valence-electron chi connectivity index (χ4n) is 2.93. The summed E-state index contributed by atoms with van der Waals surface area (Å²) in [5.41, 5.74) is 2.67. The predicted molar refractivity (Wildman–Crippen MR) is 111 cm³/mol. The van der Waals surface area contributed by atoms with Crippen LogP contribution in [0.3, 0.4) is 0 Å². The number of aromatic nitrogens is 4. The Morgan fingerprint density at radius 2 is 2.03 bits per heavy atom. The molecule has 2 aromatic heterocycles. The number of esters is 1. The smallest absolute Gasteiger partial charge is 0.310 e. The van der Waals surface area contributed by atoms with Crippen LogP contribution in [-0.2, 0) is 28.9 Å². The van der Waals surface area contributed by atoms with Gasteiger partial charge in [-0.25, -0.2) is 4.68 Å². The third-order valence-electron chi connectivity index (χ3n) is 4.38. The molecule has 3 aromatic rings. The number of hydrogen-bond donors (Lipinski definition) is 1. The van der Waals surface area contributed by atoms with Crippen LogP contribution in [0.1, 0.15) is 30.7 Å². The van der Waals surface area contributed by atoms with E-state index in [4.69, 9.17) is 9.84 Å². The fourth-order valence-corrected chi connectivity index (χ4v) is 2.93. The molecule has 8 nitrogen and oxygen atoms in total. The van der Waals surface area contributed by atoms with Gasteiger partial charge in [0.1, 0.15) is 11.4 Å². The maximum absolute atomic E-state index is 12.3. The third-order valence-corrected chi connectivity index (χ3v) is 4.38. The summed E-state index contributed by atoms with van der Waals surface area (Å²) in [5, 5.41) is 17.6. The van der Waals surface area contributed by atoms with Gasteiger partial charge in [0.15, 0.2) is 0 Å². The molecule has 1 aromatic carbocycles. The molecule has 0 aliphatic rings. The lowest BCUT2D eigenvalue weighted by Crippen LogP contribution is -2.16. The Kier molecular flexibility index (Phi) is 7.13. The summed E-state index contributed by atoms with van der Waals surface area (Å²) in [4.78, 5) is 24.3. The van der Waals surface area contributed by atoms with Crippen LogP contribution in [0.5, 0.6) is 0 Å². The minimum atomic E-state index is -0.263. The molecule has 8 heteroatoms. The van der Waals surface area contributed by atoms with Gasteiger partial charge in [-0.1, -0.05) is 38.1 Å². The fraction of sp³-hybridized carbons (Fsp3) is 0.364. The molecule has 0 spiro atoms. The number of carbonyl (C=O) groups is 1. The quantitative estimate of drug-likeness (QED) is 0.540. The molecule has 0 unspecified atom stereocenters. The number of benzene rings is 1. The lowest BCUT2D eigenvalue weighted by molar-refractivity contribution is -0.143. The molecule has 2 heterocycles. The Labute approximate surface area is 174 Å². The molecule has 0 saturated carbocycles. The SMILES string of the molecule is CC(C)COC(=O)Cc1cccc(Cc2nn(-c3cnn(CCO)c3)ccc2=O)c1. The van der Waals surface area contributed by atoms with Crippen LogP contribution in [0, 0.1) is 5.92 Å². The highest BCUT2D eigenvalue weighted by atomic mass is 16.5. The molecule has 3 rings (SSSR count). The number of nitrogens with zero attached hydrogens (tertiary/aromatic N) is 4. The number of carbonyl (C=O) groups excluding carboxylic acids is 1. The predicted octanol–water partition coefficient (Wildman–Crippen LogP) is 1.75. The largest absolute Gasteiger partial charge is 0.465 e. The highest BCUT2D eigenvalue weighted by Gasteiger charge is 2.10. The second-order valence-corrected chi connectivity index (χ2v) is 7.51. The highest BCUT2D eigenvalue weighted by molar-refractivity contribution is 5.72. The van der Waals surface area contributed by atoms with E-state index in [0.717, 1.165) is 11.1 Å². The van der Waals surface area contributed by atoms with E-state index >= 15 is 0 Å². The minimum Gasteiger partial charge on any atom is -0.465 e. The Morgan fingerprint density at radius 3 is 2.80 bits per heavy atom. The van der Waals surface area contributed by atoms with Crippen LogP contribution in [0.25, 0.3) is 5.69 Å². The number of ether oxygens (including phenoxy) is 1. The molecular formula is C22H26N4O4. The zero-order valence-corrected chi connectivity index (χ0v) is 17.2. The monoisotopic (exact) mass is 410 g/mol. The average Bonchev–Trinajstić information content (AvgIpc) is 3.17. The molecule has 0 atom stereocenters. The van der Waals surface area contributed by atoms with Gasteiger partial charge in [0.25, 0.3) is 0 Å². The standard InChI is InChI=1S/C22H26N4O4/c1-16(2)15-30-22(29)12-18-5-3-4-17(10-18)11-20-21(28)6-7-26(24-20)19-13-23-25(14-19)8-9-27/h3-7,10,13-14,16,27H,8-9,11-12,15H2,1-2H3. The van der Waals surface area contributed by atoms with Gasteiger partial charge < -0.3 is 9.84 Å². The summed E-state index contributed by atoms with van der Waals surface area (Å²) in [7, 11) is 0. The molecule has 1 N–H and O–H groups in total. The summed E-state index contributed by atoms with van der Waals surface area (Å²) >= 11 is 0. The Bertz CT molecular complexity index is 1060. The van der Waals surface area contributed by atoms with Crippen molar-refractivity contribution >= 4 is 5.97 Å². The van der Waals surface area contributed by atoms with Gasteiger partial charge in [0.2, 0.25) is 5.43 Å². The van der Waals surface area contributed by atoms with Gasteiger partial charge in [0.05, 0.1) is 38.6 Å². The summed E-state index contributed by atoms with van der Waals surface area (Å²) in [6.07, 6.45) is 5.50. The van der Waals surface area contributed by atoms with E-state index in [-0.39, 0.29) is 24.4 Å². The van der Waals surface area contributed by atoms with E-state index in [0.29, 0.717) is 36.9 Å². The second kappa shape index (κ2) is 9.98. The zero-order valence-electron chi connectivity index (χ0n) is 17.2. The molecule has 0 aliphatic heterocycles. The van der Waals surface area contributed by atoms with Gasteiger partial charge in [-0.3, -0.25) is 14.3 Å². The summed E-state index contributed by atoms with van der Waals surface area (Å²) in [6.45, 7) is 4.77. The average molecular weight is 410 g/mol. The molecule has 0 radical (unpaired) electrons. The Morgan fingerprint density at radius 1 is 1.23 bits per heavy atom. The summed E-state index contributed by atoms with van der Waals surface area (Å²) in [6, 6.07) is 9.00. The van der Waals surface area contributed by atoms with Crippen molar-refractivity contribution in [3.63, 3.8) is 0 Å². The van der Waals surface area contributed by atoms with Crippen LogP contribution in [0.2, 0.25) is 0 Å². The maximum Gasteiger partial charge on any atom is 0.310 e. The first-order chi connectivity index (χ1) is 14.4. The molecule has 0 aliphatic carbocycles. The van der Waals surface area contributed by atoms with E-state index in [9.17, 15) is 9.59 Å². The Hall–Kier alpha value is -3.26. The molecule has 30 heavy (non-hydrogen) atoms. The van der Waals surface area contributed by atoms with Crippen molar-refractivity contribution in [3.8, 4) is 5.69 Å². The first kappa shape index (κ1) is 21.4. The maximum atomic E-state index is 12.3. The van der Waals surface area contributed by atoms with Gasteiger partial charge in [-0.2, -0.15) is 10.2 Å². The van der Waals surface area contributed by atoms with Gasteiger partial charge in [-0.15, -0.1) is 0 Å². The molecule has 158 valence electrons. The number of aliphatic hydroxyl groups is 1. The number of rotatable bonds is 9. The molecule has 0 saturated heterocycles. The Balaban J connectivity index is 1.74. The van der Waals surface area contributed by atoms with E-state index in [1.807, 2.05) is 38.1 Å². The first-order valence-electron chi connectivity index (χ1n) is 9.90. The van der Waals surface area contributed by atoms with E-state index < -0.39 is 0 Å². The number of aliphatic hydroxyl groups excluding tert-OH is 1. The minimum absolute atomic E-state index is 0.00861. The highest BCUT2D eigenvalue weighted by Crippen LogP contribution is 2.11. The zero-order chi connectivity index (χ0) is 21.5. The molecule has 0 amide bonds. The van der Waals surface area contributed by atoms with Gasteiger partial charge in [0, 0.05) is 18.7 Å². The lowest BCUT2D eigenvalue weighted by atomic mass is 10.0. The van der Waals surface area contributed by atoms with Crippen LogP contribution in [0.15, 0.2) is 53.7 Å². The summed E-state index contributed by atoms with van der Waals surface area (Å²) < 4.78 is 8.44. The summed E-state index contributed by atoms with van der Waals surface area (Å²) in [5.74, 6) is 0.0308. The number of hydrogen-bond acceptors (Lipinski definition) is 6. The van der Waals surface area contributed by atoms with Crippen molar-refractivity contribution in [3.05, 3.63) is 76.0 Å². The van der Waals surface area contributed by atoms with Crippen molar-refractivity contribution in [1.82, 2.24) is 19.6 Å². The topological polar surface area (TPSA) is 99.2 Å². The van der Waals surface area contributed by atoms with Crippen molar-refractivity contribution in [1.29, 1.82) is 0 Å². The second-order valence-electron chi connectivity index (χ2n) is 7.51. The molecular weight excluding hydrogens is 384 g/mol. The normalized spacial score (nSPS) is 11.1. The first-order valence-corrected chi connectivity index (χ1v) is 9.90. The van der Waals surface area contributed by atoms with Crippen molar-refractivity contribution in [2.75, 3.05) is 13.2 Å². The van der Waals surface area contributed by atoms with Crippen molar-refractivity contribution < 1.29 is 14.6 Å².